The highest BCUT2D eigenvalue weighted by Crippen LogP contribution is 2.18. The summed E-state index contributed by atoms with van der Waals surface area (Å²) in [5.41, 5.74) is 2.35. The van der Waals surface area contributed by atoms with Gasteiger partial charge in [-0.1, -0.05) is 49.4 Å². The molecule has 1 aliphatic heterocycles. The van der Waals surface area contributed by atoms with Crippen LogP contribution in [0.15, 0.2) is 89.5 Å². The first kappa shape index (κ1) is 29.1. The Morgan fingerprint density at radius 3 is 2.48 bits per heavy atom. The fourth-order valence-electron chi connectivity index (χ4n) is 5.31. The van der Waals surface area contributed by atoms with Crippen LogP contribution in [0.4, 0.5) is 14.9 Å². The summed E-state index contributed by atoms with van der Waals surface area (Å²) in [6.45, 7) is 6.07. The number of aromatic nitrogens is 1. The van der Waals surface area contributed by atoms with Gasteiger partial charge in [0.1, 0.15) is 11.6 Å². The second-order valence-corrected chi connectivity index (χ2v) is 10.7. The van der Waals surface area contributed by atoms with Crippen LogP contribution in [0.1, 0.15) is 53.8 Å². The van der Waals surface area contributed by atoms with Crippen molar-refractivity contribution in [2.75, 3.05) is 25.0 Å². The number of para-hydroxylation sites is 1. The van der Waals surface area contributed by atoms with E-state index in [-0.39, 0.29) is 23.7 Å². The number of benzene rings is 2. The van der Waals surface area contributed by atoms with Crippen LogP contribution in [0.5, 0.6) is 0 Å². The Kier molecular flexibility index (Phi) is 9.71. The van der Waals surface area contributed by atoms with Crippen LogP contribution in [0, 0.1) is 5.82 Å². The number of furan rings is 1. The molecule has 1 aliphatic rings. The predicted molar refractivity (Wildman–Crippen MR) is 161 cm³/mol. The van der Waals surface area contributed by atoms with E-state index in [2.05, 4.69) is 39.8 Å². The Morgan fingerprint density at radius 1 is 0.952 bits per heavy atom. The summed E-state index contributed by atoms with van der Waals surface area (Å²) < 4.78 is 22.0. The Labute approximate surface area is 246 Å². The summed E-state index contributed by atoms with van der Waals surface area (Å²) >= 11 is 0. The number of anilines is 1. The number of urea groups is 1. The van der Waals surface area contributed by atoms with Gasteiger partial charge in [0.15, 0.2) is 5.76 Å². The number of amides is 3. The fourth-order valence-corrected chi connectivity index (χ4v) is 5.31. The molecule has 0 bridgehead atoms. The average Bonchev–Trinajstić information content (AvgIpc) is 3.65. The van der Waals surface area contributed by atoms with E-state index in [0.29, 0.717) is 31.2 Å². The third-order valence-electron chi connectivity index (χ3n) is 7.56. The molecule has 42 heavy (non-hydrogen) atoms. The van der Waals surface area contributed by atoms with Crippen LogP contribution >= 0.6 is 0 Å². The van der Waals surface area contributed by atoms with E-state index in [1.54, 1.807) is 29.2 Å². The SMILES string of the molecule is CCCN(Cc1cccn1Cc1ccc(C(=O)NC2CCN(Cc3ccccc3)CC2)o1)C(=O)Nc1ccccc1F. The van der Waals surface area contributed by atoms with Crippen LogP contribution in [-0.4, -0.2) is 52.0 Å². The number of hydrogen-bond donors (Lipinski definition) is 2. The van der Waals surface area contributed by atoms with Crippen molar-refractivity contribution in [1.82, 2.24) is 19.7 Å². The van der Waals surface area contributed by atoms with Gasteiger partial charge in [0.25, 0.3) is 5.91 Å². The smallest absolute Gasteiger partial charge is 0.322 e. The van der Waals surface area contributed by atoms with Gasteiger partial charge >= 0.3 is 6.03 Å². The summed E-state index contributed by atoms with van der Waals surface area (Å²) in [4.78, 5) is 30.0. The molecule has 8 nitrogen and oxygen atoms in total. The zero-order valence-corrected chi connectivity index (χ0v) is 24.0. The number of likely N-dealkylation sites (tertiary alicyclic amines) is 1. The van der Waals surface area contributed by atoms with Gasteiger partial charge in [-0.2, -0.15) is 0 Å². The number of rotatable bonds is 11. The highest BCUT2D eigenvalue weighted by molar-refractivity contribution is 5.91. The van der Waals surface area contributed by atoms with Gasteiger partial charge in [0, 0.05) is 44.1 Å². The summed E-state index contributed by atoms with van der Waals surface area (Å²) in [5.74, 6) is 0.265. The highest BCUT2D eigenvalue weighted by Gasteiger charge is 2.23. The number of nitrogens with one attached hydrogen (secondary N) is 2. The Bertz CT molecular complexity index is 1460. The van der Waals surface area contributed by atoms with Gasteiger partial charge < -0.3 is 24.5 Å². The van der Waals surface area contributed by atoms with Crippen LogP contribution in [0.25, 0.3) is 0 Å². The molecule has 0 saturated carbocycles. The molecule has 1 saturated heterocycles. The van der Waals surface area contributed by atoms with Gasteiger partial charge in [-0.05, 0) is 61.2 Å². The first-order valence-corrected chi connectivity index (χ1v) is 14.6. The summed E-state index contributed by atoms with van der Waals surface area (Å²) in [6.07, 6.45) is 4.48. The molecule has 0 aliphatic carbocycles. The topological polar surface area (TPSA) is 82.8 Å². The van der Waals surface area contributed by atoms with Crippen molar-refractivity contribution in [2.24, 2.45) is 0 Å². The third-order valence-corrected chi connectivity index (χ3v) is 7.56. The molecule has 2 aromatic carbocycles. The number of hydrogen-bond acceptors (Lipinski definition) is 4. The van der Waals surface area contributed by atoms with Crippen LogP contribution in [-0.2, 0) is 19.6 Å². The van der Waals surface area contributed by atoms with Crippen molar-refractivity contribution in [3.8, 4) is 0 Å². The van der Waals surface area contributed by atoms with E-state index in [9.17, 15) is 14.0 Å². The largest absolute Gasteiger partial charge is 0.454 e. The van der Waals surface area contributed by atoms with E-state index in [1.807, 2.05) is 42.0 Å². The van der Waals surface area contributed by atoms with E-state index in [0.717, 1.165) is 44.6 Å². The Hall–Kier alpha value is -4.37. The predicted octanol–water partition coefficient (Wildman–Crippen LogP) is 6.11. The number of carbonyl (C=O) groups is 2. The molecule has 5 rings (SSSR count). The number of nitrogens with zero attached hydrogens (tertiary/aromatic N) is 3. The lowest BCUT2D eigenvalue weighted by Crippen LogP contribution is -2.44. The van der Waals surface area contributed by atoms with E-state index in [4.69, 9.17) is 4.42 Å². The minimum atomic E-state index is -0.475. The highest BCUT2D eigenvalue weighted by atomic mass is 19.1. The monoisotopic (exact) mass is 571 g/mol. The molecule has 2 N–H and O–H groups in total. The fraction of sp³-hybridized carbons (Fsp3) is 0.333. The molecule has 1 fully saturated rings. The van der Waals surface area contributed by atoms with Crippen molar-refractivity contribution >= 4 is 17.6 Å². The van der Waals surface area contributed by atoms with Crippen molar-refractivity contribution in [2.45, 2.75) is 51.9 Å². The molecule has 3 amide bonds. The minimum Gasteiger partial charge on any atom is -0.454 e. The molecular formula is C33H38FN5O3. The standard InChI is InChI=1S/C33H38FN5O3/c1-2-18-39(33(41)36-30-13-7-6-12-29(30)34)23-27-11-8-19-38(27)24-28-14-15-31(42-28)32(40)35-26-16-20-37(21-17-26)22-25-9-4-3-5-10-25/h3-15,19,26H,2,16-18,20-24H2,1H3,(H,35,40)(H,36,41). The van der Waals surface area contributed by atoms with Gasteiger partial charge in [0.05, 0.1) is 18.8 Å². The quantitative estimate of drug-likeness (QED) is 0.228. The number of carbonyl (C=O) groups excluding carboxylic acids is 2. The minimum absolute atomic E-state index is 0.120. The van der Waals surface area contributed by atoms with Gasteiger partial charge in [0.2, 0.25) is 0 Å². The van der Waals surface area contributed by atoms with Crippen LogP contribution in [0.3, 0.4) is 0 Å². The maximum atomic E-state index is 14.1. The van der Waals surface area contributed by atoms with E-state index >= 15 is 0 Å². The normalized spacial score (nSPS) is 14.0. The molecule has 0 radical (unpaired) electrons. The maximum absolute atomic E-state index is 14.1. The zero-order valence-electron chi connectivity index (χ0n) is 24.0. The van der Waals surface area contributed by atoms with E-state index < -0.39 is 5.82 Å². The lowest BCUT2D eigenvalue weighted by Gasteiger charge is -2.32. The molecule has 2 aromatic heterocycles. The summed E-state index contributed by atoms with van der Waals surface area (Å²) in [7, 11) is 0. The molecule has 9 heteroatoms. The molecule has 4 aromatic rings. The maximum Gasteiger partial charge on any atom is 0.322 e. The van der Waals surface area contributed by atoms with Gasteiger partial charge in [-0.15, -0.1) is 0 Å². The average molecular weight is 572 g/mol. The molecule has 0 unspecified atom stereocenters. The molecule has 0 spiro atoms. The van der Waals surface area contributed by atoms with Crippen molar-refractivity contribution < 1.29 is 18.4 Å². The second-order valence-electron chi connectivity index (χ2n) is 10.7. The molecular weight excluding hydrogens is 533 g/mol. The first-order chi connectivity index (χ1) is 20.5. The first-order valence-electron chi connectivity index (χ1n) is 14.6. The summed E-state index contributed by atoms with van der Waals surface area (Å²) in [5, 5.41) is 5.81. The van der Waals surface area contributed by atoms with Gasteiger partial charge in [-0.25, -0.2) is 9.18 Å². The molecule has 220 valence electrons. The molecule has 0 atom stereocenters. The van der Waals surface area contributed by atoms with Gasteiger partial charge in [-0.3, -0.25) is 9.69 Å². The van der Waals surface area contributed by atoms with Crippen molar-refractivity contribution in [3.05, 3.63) is 114 Å². The lowest BCUT2D eigenvalue weighted by molar-refractivity contribution is 0.0879. The Balaban J connectivity index is 1.14. The number of halogens is 1. The third kappa shape index (κ3) is 7.67. The Morgan fingerprint density at radius 2 is 1.71 bits per heavy atom. The summed E-state index contributed by atoms with van der Waals surface area (Å²) in [6, 6.07) is 23.7. The zero-order chi connectivity index (χ0) is 29.3. The number of piperidine rings is 1. The van der Waals surface area contributed by atoms with Crippen molar-refractivity contribution in [3.63, 3.8) is 0 Å². The van der Waals surface area contributed by atoms with Crippen LogP contribution < -0.4 is 10.6 Å². The molecule has 3 heterocycles. The second kappa shape index (κ2) is 14.0. The van der Waals surface area contributed by atoms with Crippen molar-refractivity contribution in [1.29, 1.82) is 0 Å². The van der Waals surface area contributed by atoms with E-state index in [1.165, 1.54) is 11.6 Å². The lowest BCUT2D eigenvalue weighted by atomic mass is 10.0. The van der Waals surface area contributed by atoms with Crippen LogP contribution in [0.2, 0.25) is 0 Å².